The molecule has 2 rings (SSSR count). The van der Waals surface area contributed by atoms with E-state index in [1.54, 1.807) is 0 Å². The van der Waals surface area contributed by atoms with Crippen molar-refractivity contribution in [1.29, 1.82) is 0 Å². The Morgan fingerprint density at radius 1 is 0.950 bits per heavy atom. The molecule has 0 atom stereocenters. The summed E-state index contributed by atoms with van der Waals surface area (Å²) in [5.74, 6) is 0.974. The van der Waals surface area contributed by atoms with Crippen LogP contribution < -0.4 is 4.74 Å². The van der Waals surface area contributed by atoms with Crippen molar-refractivity contribution >= 4 is 0 Å². The fourth-order valence-electron chi connectivity index (χ4n) is 2.42. The number of aryl methyl sites for hydroxylation is 3. The van der Waals surface area contributed by atoms with Gasteiger partial charge in [0.2, 0.25) is 0 Å². The summed E-state index contributed by atoms with van der Waals surface area (Å²) in [5.41, 5.74) is 4.76. The molecule has 1 N–H and O–H groups in total. The summed E-state index contributed by atoms with van der Waals surface area (Å²) in [6, 6.07) is 14.5. The van der Waals surface area contributed by atoms with E-state index >= 15 is 0 Å². The zero-order valence-corrected chi connectivity index (χ0v) is 12.2. The van der Waals surface area contributed by atoms with Gasteiger partial charge in [0, 0.05) is 6.61 Å². The van der Waals surface area contributed by atoms with E-state index < -0.39 is 0 Å². The largest absolute Gasteiger partial charge is 0.488 e. The molecule has 2 aromatic carbocycles. The lowest BCUT2D eigenvalue weighted by Gasteiger charge is -2.14. The third-order valence-corrected chi connectivity index (χ3v) is 3.37. The summed E-state index contributed by atoms with van der Waals surface area (Å²) in [6.45, 7) is 4.99. The van der Waals surface area contributed by atoms with Crippen molar-refractivity contribution in [3.8, 4) is 5.75 Å². The quantitative estimate of drug-likeness (QED) is 0.865. The Hall–Kier alpha value is -1.80. The molecule has 2 nitrogen and oxygen atoms in total. The minimum Gasteiger partial charge on any atom is -0.488 e. The van der Waals surface area contributed by atoms with E-state index in [9.17, 15) is 0 Å². The predicted octanol–water partition coefficient (Wildman–Crippen LogP) is 3.81. The summed E-state index contributed by atoms with van der Waals surface area (Å²) in [4.78, 5) is 0. The molecule has 0 aliphatic heterocycles. The summed E-state index contributed by atoms with van der Waals surface area (Å²) < 4.78 is 5.96. The number of aliphatic hydroxyl groups excluding tert-OH is 1. The van der Waals surface area contributed by atoms with Crippen LogP contribution >= 0.6 is 0 Å². The van der Waals surface area contributed by atoms with Crippen LogP contribution in [-0.4, -0.2) is 11.7 Å². The molecular weight excluding hydrogens is 248 g/mol. The molecule has 0 unspecified atom stereocenters. The van der Waals surface area contributed by atoms with Crippen LogP contribution in [0.4, 0.5) is 0 Å². The molecule has 20 heavy (non-hydrogen) atoms. The van der Waals surface area contributed by atoms with Crippen molar-refractivity contribution in [3.63, 3.8) is 0 Å². The van der Waals surface area contributed by atoms with Crippen LogP contribution in [0.1, 0.15) is 28.7 Å². The van der Waals surface area contributed by atoms with Gasteiger partial charge in [0.1, 0.15) is 12.4 Å². The first kappa shape index (κ1) is 14.6. The van der Waals surface area contributed by atoms with Gasteiger partial charge in [-0.3, -0.25) is 0 Å². The Morgan fingerprint density at radius 3 is 2.20 bits per heavy atom. The average molecular weight is 270 g/mol. The minimum absolute atomic E-state index is 0.240. The fraction of sp³-hybridized carbons (Fsp3) is 0.333. The van der Waals surface area contributed by atoms with Crippen LogP contribution in [0, 0.1) is 13.8 Å². The van der Waals surface area contributed by atoms with E-state index in [2.05, 4.69) is 38.1 Å². The van der Waals surface area contributed by atoms with Crippen LogP contribution in [0.2, 0.25) is 0 Å². The highest BCUT2D eigenvalue weighted by Crippen LogP contribution is 2.26. The first-order valence-electron chi connectivity index (χ1n) is 7.08. The van der Waals surface area contributed by atoms with Crippen LogP contribution in [0.5, 0.6) is 5.75 Å². The van der Waals surface area contributed by atoms with Gasteiger partial charge >= 0.3 is 0 Å². The summed E-state index contributed by atoms with van der Waals surface area (Å²) >= 11 is 0. The second-order valence-corrected chi connectivity index (χ2v) is 5.16. The molecule has 0 aliphatic rings. The highest BCUT2D eigenvalue weighted by molar-refractivity contribution is 5.43. The molecule has 2 heteroatoms. The van der Waals surface area contributed by atoms with Gasteiger partial charge in [0.15, 0.2) is 0 Å². The minimum atomic E-state index is 0.240. The van der Waals surface area contributed by atoms with Gasteiger partial charge in [-0.15, -0.1) is 0 Å². The van der Waals surface area contributed by atoms with Crippen molar-refractivity contribution < 1.29 is 9.84 Å². The standard InChI is InChI=1S/C18H22O2/c1-14-11-17(9-6-10-19)12-15(2)18(14)20-13-16-7-4-3-5-8-16/h3-5,7-8,11-12,19H,6,9-10,13H2,1-2H3. The monoisotopic (exact) mass is 270 g/mol. The Bertz CT molecular complexity index is 524. The molecule has 2 aromatic rings. The highest BCUT2D eigenvalue weighted by Gasteiger charge is 2.07. The Morgan fingerprint density at radius 2 is 1.60 bits per heavy atom. The van der Waals surface area contributed by atoms with Crippen molar-refractivity contribution in [1.82, 2.24) is 0 Å². The molecule has 106 valence electrons. The number of hydrogen-bond acceptors (Lipinski definition) is 2. The van der Waals surface area contributed by atoms with Crippen molar-refractivity contribution in [3.05, 3.63) is 64.7 Å². The number of ether oxygens (including phenoxy) is 1. The molecule has 0 spiro atoms. The summed E-state index contributed by atoms with van der Waals surface area (Å²) in [7, 11) is 0. The molecule has 0 amide bonds. The average Bonchev–Trinajstić information content (AvgIpc) is 2.45. The Kier molecular flexibility index (Phi) is 5.19. The molecule has 0 bridgehead atoms. The lowest BCUT2D eigenvalue weighted by atomic mass is 10.0. The summed E-state index contributed by atoms with van der Waals surface area (Å²) in [6.07, 6.45) is 1.72. The highest BCUT2D eigenvalue weighted by atomic mass is 16.5. The smallest absolute Gasteiger partial charge is 0.125 e. The van der Waals surface area contributed by atoms with Gasteiger partial charge in [0.25, 0.3) is 0 Å². The molecular formula is C18H22O2. The third-order valence-electron chi connectivity index (χ3n) is 3.37. The van der Waals surface area contributed by atoms with Crippen LogP contribution in [0.3, 0.4) is 0 Å². The van der Waals surface area contributed by atoms with Crippen LogP contribution in [0.15, 0.2) is 42.5 Å². The van der Waals surface area contributed by atoms with Crippen molar-refractivity contribution in [2.24, 2.45) is 0 Å². The van der Waals surface area contributed by atoms with Gasteiger partial charge in [-0.05, 0) is 48.9 Å². The van der Waals surface area contributed by atoms with Crippen molar-refractivity contribution in [2.45, 2.75) is 33.3 Å². The topological polar surface area (TPSA) is 29.5 Å². The van der Waals surface area contributed by atoms with Gasteiger partial charge in [0.05, 0.1) is 0 Å². The van der Waals surface area contributed by atoms with E-state index in [0.29, 0.717) is 6.61 Å². The SMILES string of the molecule is Cc1cc(CCCO)cc(C)c1OCc1ccccc1. The maximum absolute atomic E-state index is 8.91. The fourth-order valence-corrected chi connectivity index (χ4v) is 2.42. The molecule has 0 radical (unpaired) electrons. The lowest BCUT2D eigenvalue weighted by Crippen LogP contribution is -2.00. The maximum atomic E-state index is 8.91. The van der Waals surface area contributed by atoms with E-state index in [1.807, 2.05) is 18.2 Å². The van der Waals surface area contributed by atoms with Gasteiger partial charge < -0.3 is 9.84 Å². The first-order chi connectivity index (χ1) is 9.70. The second-order valence-electron chi connectivity index (χ2n) is 5.16. The van der Waals surface area contributed by atoms with E-state index in [-0.39, 0.29) is 6.61 Å². The van der Waals surface area contributed by atoms with Gasteiger partial charge in [-0.1, -0.05) is 42.5 Å². The van der Waals surface area contributed by atoms with Crippen LogP contribution in [-0.2, 0) is 13.0 Å². The number of rotatable bonds is 6. The maximum Gasteiger partial charge on any atom is 0.125 e. The van der Waals surface area contributed by atoms with Gasteiger partial charge in [-0.25, -0.2) is 0 Å². The number of aliphatic hydroxyl groups is 1. The molecule has 0 fully saturated rings. The summed E-state index contributed by atoms with van der Waals surface area (Å²) in [5, 5.41) is 8.91. The zero-order valence-electron chi connectivity index (χ0n) is 12.2. The van der Waals surface area contributed by atoms with E-state index in [0.717, 1.165) is 29.7 Å². The van der Waals surface area contributed by atoms with Crippen LogP contribution in [0.25, 0.3) is 0 Å². The van der Waals surface area contributed by atoms with Crippen molar-refractivity contribution in [2.75, 3.05) is 6.61 Å². The molecule has 0 saturated heterocycles. The predicted molar refractivity (Wildman–Crippen MR) is 82.1 cm³/mol. The molecule has 0 heterocycles. The molecule has 0 saturated carbocycles. The number of hydrogen-bond donors (Lipinski definition) is 1. The number of benzene rings is 2. The van der Waals surface area contributed by atoms with E-state index in [4.69, 9.17) is 9.84 Å². The second kappa shape index (κ2) is 7.11. The Labute approximate surface area is 121 Å². The van der Waals surface area contributed by atoms with E-state index in [1.165, 1.54) is 11.1 Å². The third kappa shape index (κ3) is 3.84. The zero-order chi connectivity index (χ0) is 14.4. The Balaban J connectivity index is 2.08. The molecule has 0 aromatic heterocycles. The molecule has 0 aliphatic carbocycles. The lowest BCUT2D eigenvalue weighted by molar-refractivity contribution is 0.288. The first-order valence-corrected chi connectivity index (χ1v) is 7.08. The van der Waals surface area contributed by atoms with Gasteiger partial charge in [-0.2, -0.15) is 0 Å². The normalized spacial score (nSPS) is 10.6.